The largest absolute Gasteiger partial charge is 0.373 e. The highest BCUT2D eigenvalue weighted by molar-refractivity contribution is 9.09. The van der Waals surface area contributed by atoms with Crippen LogP contribution in [0, 0.1) is 12.3 Å². The zero-order valence-corrected chi connectivity index (χ0v) is 7.43. The van der Waals surface area contributed by atoms with E-state index in [2.05, 4.69) is 21.9 Å². The van der Waals surface area contributed by atoms with Gasteiger partial charge in [0, 0.05) is 11.8 Å². The molecule has 1 aliphatic rings. The second-order valence-corrected chi connectivity index (χ2v) is 3.17. The minimum atomic E-state index is 0.326. The first-order valence-corrected chi connectivity index (χ1v) is 4.64. The first-order valence-electron chi connectivity index (χ1n) is 3.51. The summed E-state index contributed by atoms with van der Waals surface area (Å²) < 4.78 is 5.56. The van der Waals surface area contributed by atoms with Crippen LogP contribution in [-0.4, -0.2) is 17.5 Å². The Labute approximate surface area is 70.3 Å². The van der Waals surface area contributed by atoms with E-state index in [1.54, 1.807) is 0 Å². The van der Waals surface area contributed by atoms with E-state index in [0.717, 1.165) is 24.6 Å². The maximum absolute atomic E-state index is 5.56. The molecule has 2 atom stereocenters. The highest BCUT2D eigenvalue weighted by Gasteiger charge is 2.22. The molecular weight excluding hydrogens is 192 g/mol. The highest BCUT2D eigenvalue weighted by atomic mass is 79.9. The lowest BCUT2D eigenvalue weighted by molar-refractivity contribution is 0.0625. The molecule has 56 valence electrons. The summed E-state index contributed by atoms with van der Waals surface area (Å²) in [6, 6.07) is 0. The molecule has 1 nitrogen and oxygen atoms in total. The Kier molecular flexibility index (Phi) is 3.24. The number of hydrogen-bond donors (Lipinski definition) is 0. The normalized spacial score (nSPS) is 32.0. The molecule has 0 aromatic heterocycles. The van der Waals surface area contributed by atoms with Gasteiger partial charge in [0.2, 0.25) is 0 Å². The molecule has 0 bridgehead atoms. The molecule has 1 heterocycles. The molecule has 0 aromatic rings. The predicted octanol–water partition coefficient (Wildman–Crippen LogP) is 1.95. The van der Waals surface area contributed by atoms with Crippen molar-refractivity contribution in [2.24, 2.45) is 0 Å². The predicted molar refractivity (Wildman–Crippen MR) is 45.1 cm³/mol. The zero-order valence-electron chi connectivity index (χ0n) is 5.85. The molecule has 1 fully saturated rings. The van der Waals surface area contributed by atoms with Gasteiger partial charge in [-0.1, -0.05) is 15.9 Å². The van der Waals surface area contributed by atoms with Crippen molar-refractivity contribution in [1.29, 1.82) is 0 Å². The summed E-state index contributed by atoms with van der Waals surface area (Å²) in [4.78, 5) is 0. The van der Waals surface area contributed by atoms with Crippen LogP contribution in [0.1, 0.15) is 19.3 Å². The van der Waals surface area contributed by atoms with Crippen LogP contribution >= 0.6 is 15.9 Å². The van der Waals surface area contributed by atoms with E-state index in [0.29, 0.717) is 12.2 Å². The summed E-state index contributed by atoms with van der Waals surface area (Å²) in [7, 11) is 0. The fraction of sp³-hybridized carbons (Fsp3) is 0.750. The van der Waals surface area contributed by atoms with Crippen LogP contribution < -0.4 is 0 Å². The van der Waals surface area contributed by atoms with Crippen LogP contribution in [0.25, 0.3) is 0 Å². The third-order valence-corrected chi connectivity index (χ3v) is 2.44. The van der Waals surface area contributed by atoms with Crippen molar-refractivity contribution >= 4 is 15.9 Å². The van der Waals surface area contributed by atoms with E-state index in [4.69, 9.17) is 11.2 Å². The van der Waals surface area contributed by atoms with Gasteiger partial charge in [-0.05, 0) is 12.8 Å². The molecule has 0 aromatic carbocycles. The minimum absolute atomic E-state index is 0.326. The highest BCUT2D eigenvalue weighted by Crippen LogP contribution is 2.22. The molecule has 0 aliphatic carbocycles. The topological polar surface area (TPSA) is 9.23 Å². The lowest BCUT2D eigenvalue weighted by atomic mass is 10.2. The van der Waals surface area contributed by atoms with E-state index in [-0.39, 0.29) is 0 Å². The van der Waals surface area contributed by atoms with Crippen LogP contribution in [0.5, 0.6) is 0 Å². The van der Waals surface area contributed by atoms with Crippen LogP contribution in [0.2, 0.25) is 0 Å². The van der Waals surface area contributed by atoms with Crippen LogP contribution in [0.15, 0.2) is 0 Å². The Morgan fingerprint density at radius 3 is 2.70 bits per heavy atom. The molecule has 1 saturated heterocycles. The Balaban J connectivity index is 2.23. The lowest BCUT2D eigenvalue weighted by Gasteiger charge is -2.07. The number of ether oxygens (including phenoxy) is 1. The van der Waals surface area contributed by atoms with E-state index in [1.807, 2.05) is 0 Å². The van der Waals surface area contributed by atoms with Gasteiger partial charge in [0.15, 0.2) is 0 Å². The molecule has 1 rings (SSSR count). The van der Waals surface area contributed by atoms with Gasteiger partial charge in [-0.3, -0.25) is 0 Å². The average Bonchev–Trinajstić information content (AvgIpc) is 2.37. The van der Waals surface area contributed by atoms with Crippen LogP contribution in [0.3, 0.4) is 0 Å². The first kappa shape index (κ1) is 8.10. The number of rotatable bonds is 2. The summed E-state index contributed by atoms with van der Waals surface area (Å²) in [6.45, 7) is 0. The Hall–Kier alpha value is -0.0000000000000000208. The van der Waals surface area contributed by atoms with Crippen molar-refractivity contribution in [3.8, 4) is 12.3 Å². The molecule has 1 aliphatic heterocycles. The van der Waals surface area contributed by atoms with Gasteiger partial charge in [-0.15, -0.1) is 12.3 Å². The van der Waals surface area contributed by atoms with Gasteiger partial charge < -0.3 is 4.74 Å². The van der Waals surface area contributed by atoms with E-state index in [1.165, 1.54) is 0 Å². The van der Waals surface area contributed by atoms with Crippen molar-refractivity contribution in [3.05, 3.63) is 0 Å². The Morgan fingerprint density at radius 1 is 1.50 bits per heavy atom. The summed E-state index contributed by atoms with van der Waals surface area (Å²) in [6.07, 6.45) is 8.92. The van der Waals surface area contributed by atoms with Gasteiger partial charge >= 0.3 is 0 Å². The van der Waals surface area contributed by atoms with E-state index >= 15 is 0 Å². The fourth-order valence-electron chi connectivity index (χ4n) is 1.18. The average molecular weight is 203 g/mol. The maximum Gasteiger partial charge on any atom is 0.0689 e. The number of halogens is 1. The molecule has 0 spiro atoms. The Bertz CT molecular complexity index is 139. The number of alkyl halides is 1. The third-order valence-electron chi connectivity index (χ3n) is 1.71. The molecular formula is C8H11BrO. The number of hydrogen-bond acceptors (Lipinski definition) is 1. The van der Waals surface area contributed by atoms with Crippen molar-refractivity contribution in [3.63, 3.8) is 0 Å². The molecule has 10 heavy (non-hydrogen) atoms. The van der Waals surface area contributed by atoms with Crippen molar-refractivity contribution in [1.82, 2.24) is 0 Å². The van der Waals surface area contributed by atoms with Gasteiger partial charge in [0.25, 0.3) is 0 Å². The smallest absolute Gasteiger partial charge is 0.0689 e. The standard InChI is InChI=1S/C8H11BrO/c1-2-3-7-4-5-8(6-9)10-7/h1,7-8H,3-6H2. The fourth-order valence-corrected chi connectivity index (χ4v) is 1.65. The monoisotopic (exact) mass is 202 g/mol. The van der Waals surface area contributed by atoms with Crippen LogP contribution in [-0.2, 0) is 4.74 Å². The summed E-state index contributed by atoms with van der Waals surface area (Å²) in [5, 5.41) is 0.939. The van der Waals surface area contributed by atoms with Crippen molar-refractivity contribution in [2.75, 3.05) is 5.33 Å². The SMILES string of the molecule is C#CCC1CCC(CBr)O1. The molecule has 2 unspecified atom stereocenters. The second kappa shape index (κ2) is 4.00. The minimum Gasteiger partial charge on any atom is -0.373 e. The quantitative estimate of drug-likeness (QED) is 0.492. The Morgan fingerprint density at radius 2 is 2.20 bits per heavy atom. The lowest BCUT2D eigenvalue weighted by Crippen LogP contribution is -2.10. The molecule has 0 N–H and O–H groups in total. The van der Waals surface area contributed by atoms with Gasteiger partial charge in [0.1, 0.15) is 0 Å². The molecule has 2 heteroatoms. The van der Waals surface area contributed by atoms with E-state index in [9.17, 15) is 0 Å². The van der Waals surface area contributed by atoms with E-state index < -0.39 is 0 Å². The summed E-state index contributed by atoms with van der Waals surface area (Å²) in [5.41, 5.74) is 0. The molecule has 0 amide bonds. The van der Waals surface area contributed by atoms with Crippen LogP contribution in [0.4, 0.5) is 0 Å². The van der Waals surface area contributed by atoms with Gasteiger partial charge in [0.05, 0.1) is 12.2 Å². The summed E-state index contributed by atoms with van der Waals surface area (Å²) in [5.74, 6) is 2.61. The molecule has 0 saturated carbocycles. The van der Waals surface area contributed by atoms with Crippen molar-refractivity contribution < 1.29 is 4.74 Å². The number of terminal acetylenes is 1. The van der Waals surface area contributed by atoms with Gasteiger partial charge in [-0.2, -0.15) is 0 Å². The van der Waals surface area contributed by atoms with Gasteiger partial charge in [-0.25, -0.2) is 0 Å². The van der Waals surface area contributed by atoms with Crippen molar-refractivity contribution in [2.45, 2.75) is 31.5 Å². The first-order chi connectivity index (χ1) is 4.86. The second-order valence-electron chi connectivity index (χ2n) is 2.52. The molecule has 0 radical (unpaired) electrons. The zero-order chi connectivity index (χ0) is 7.40. The third kappa shape index (κ3) is 2.00. The summed E-state index contributed by atoms with van der Waals surface area (Å²) >= 11 is 3.38. The maximum atomic E-state index is 5.56.